The Morgan fingerprint density at radius 3 is 2.84 bits per heavy atom. The van der Waals surface area contributed by atoms with E-state index in [1.165, 1.54) is 6.26 Å². The molecule has 0 aliphatic carbocycles. The lowest BCUT2D eigenvalue weighted by Crippen LogP contribution is -2.48. The fourth-order valence-electron chi connectivity index (χ4n) is 2.39. The second-order valence-electron chi connectivity index (χ2n) is 5.10. The van der Waals surface area contributed by atoms with Crippen LogP contribution in [0.5, 0.6) is 0 Å². The van der Waals surface area contributed by atoms with Crippen LogP contribution in [0.4, 0.5) is 5.82 Å². The summed E-state index contributed by atoms with van der Waals surface area (Å²) in [6, 6.07) is -0.0505. The third kappa shape index (κ3) is 3.87. The first-order chi connectivity index (χ1) is 8.85. The van der Waals surface area contributed by atoms with Crippen molar-refractivity contribution in [3.8, 4) is 0 Å². The topological polar surface area (TPSA) is 75.2 Å². The molecule has 1 saturated heterocycles. The highest BCUT2D eigenvalue weighted by Crippen LogP contribution is 2.20. The van der Waals surface area contributed by atoms with Crippen LogP contribution in [0.15, 0.2) is 6.20 Å². The van der Waals surface area contributed by atoms with Crippen LogP contribution < -0.4 is 9.62 Å². The average molecular weight is 284 g/mol. The molecule has 0 amide bonds. The van der Waals surface area contributed by atoms with Crippen LogP contribution in [0.1, 0.15) is 24.2 Å². The van der Waals surface area contributed by atoms with Gasteiger partial charge in [-0.15, -0.1) is 0 Å². The molecule has 1 N–H and O–H groups in total. The molecule has 19 heavy (non-hydrogen) atoms. The van der Waals surface area contributed by atoms with Crippen molar-refractivity contribution in [1.82, 2.24) is 14.7 Å². The minimum atomic E-state index is -3.16. The molecule has 0 spiro atoms. The molecule has 0 bridgehead atoms. The molecule has 1 unspecified atom stereocenters. The number of anilines is 1. The fourth-order valence-corrected chi connectivity index (χ4v) is 3.19. The molecule has 2 heterocycles. The third-order valence-electron chi connectivity index (χ3n) is 3.15. The van der Waals surface area contributed by atoms with Gasteiger partial charge in [-0.3, -0.25) is 4.98 Å². The van der Waals surface area contributed by atoms with Crippen LogP contribution in [0, 0.1) is 13.8 Å². The zero-order valence-electron chi connectivity index (χ0n) is 11.5. The van der Waals surface area contributed by atoms with Crippen molar-refractivity contribution in [1.29, 1.82) is 0 Å². The molecule has 6 nitrogen and oxygen atoms in total. The lowest BCUT2D eigenvalue weighted by Gasteiger charge is -2.34. The fraction of sp³-hybridized carbons (Fsp3) is 0.667. The number of rotatable bonds is 3. The Labute approximate surface area is 114 Å². The van der Waals surface area contributed by atoms with E-state index in [2.05, 4.69) is 19.6 Å². The van der Waals surface area contributed by atoms with E-state index in [1.54, 1.807) is 6.20 Å². The zero-order chi connectivity index (χ0) is 14.0. The van der Waals surface area contributed by atoms with Crippen molar-refractivity contribution in [2.24, 2.45) is 0 Å². The van der Waals surface area contributed by atoms with Gasteiger partial charge in [-0.2, -0.15) is 0 Å². The van der Waals surface area contributed by atoms with Crippen molar-refractivity contribution in [2.45, 2.75) is 32.7 Å². The summed E-state index contributed by atoms with van der Waals surface area (Å²) in [5.74, 6) is 0.861. The normalized spacial score (nSPS) is 20.6. The molecule has 1 aromatic rings. The van der Waals surface area contributed by atoms with Crippen LogP contribution in [0.2, 0.25) is 0 Å². The van der Waals surface area contributed by atoms with Crippen molar-refractivity contribution >= 4 is 15.8 Å². The first kappa shape index (κ1) is 14.2. The van der Waals surface area contributed by atoms with Crippen LogP contribution in [-0.2, 0) is 10.0 Å². The summed E-state index contributed by atoms with van der Waals surface area (Å²) in [5, 5.41) is 0. The smallest absolute Gasteiger partial charge is 0.209 e. The number of piperidine rings is 1. The lowest BCUT2D eigenvalue weighted by molar-refractivity contribution is 0.464. The van der Waals surface area contributed by atoms with E-state index in [-0.39, 0.29) is 6.04 Å². The molecule has 0 radical (unpaired) electrons. The van der Waals surface area contributed by atoms with E-state index in [9.17, 15) is 8.42 Å². The van der Waals surface area contributed by atoms with Gasteiger partial charge in [0.25, 0.3) is 0 Å². The largest absolute Gasteiger partial charge is 0.354 e. The van der Waals surface area contributed by atoms with Crippen molar-refractivity contribution in [3.05, 3.63) is 17.6 Å². The minimum Gasteiger partial charge on any atom is -0.354 e. The highest BCUT2D eigenvalue weighted by atomic mass is 32.2. The SMILES string of the molecule is Cc1cnc(C)c(N2CCCC(NS(C)(=O)=O)C2)n1. The molecule has 1 aromatic heterocycles. The minimum absolute atomic E-state index is 0.0505. The van der Waals surface area contributed by atoms with Gasteiger partial charge in [0.15, 0.2) is 0 Å². The summed E-state index contributed by atoms with van der Waals surface area (Å²) in [4.78, 5) is 10.9. The number of aryl methyl sites for hydroxylation is 2. The van der Waals surface area contributed by atoms with Crippen LogP contribution in [0.3, 0.4) is 0 Å². The molecule has 1 aliphatic heterocycles. The Balaban J connectivity index is 2.15. The molecule has 7 heteroatoms. The molecule has 1 atom stereocenters. The van der Waals surface area contributed by atoms with E-state index < -0.39 is 10.0 Å². The van der Waals surface area contributed by atoms with Gasteiger partial charge in [-0.1, -0.05) is 0 Å². The van der Waals surface area contributed by atoms with E-state index in [0.717, 1.165) is 36.6 Å². The van der Waals surface area contributed by atoms with Gasteiger partial charge < -0.3 is 4.90 Å². The van der Waals surface area contributed by atoms with Crippen molar-refractivity contribution < 1.29 is 8.42 Å². The third-order valence-corrected chi connectivity index (χ3v) is 3.91. The highest BCUT2D eigenvalue weighted by molar-refractivity contribution is 7.88. The van der Waals surface area contributed by atoms with E-state index in [1.807, 2.05) is 13.8 Å². The summed E-state index contributed by atoms with van der Waals surface area (Å²) in [6.45, 7) is 5.37. The van der Waals surface area contributed by atoms with Crippen LogP contribution >= 0.6 is 0 Å². The Kier molecular flexibility index (Phi) is 4.05. The van der Waals surface area contributed by atoms with Gasteiger partial charge in [0, 0.05) is 25.3 Å². The zero-order valence-corrected chi connectivity index (χ0v) is 12.4. The number of sulfonamides is 1. The summed E-state index contributed by atoms with van der Waals surface area (Å²) in [7, 11) is -3.16. The van der Waals surface area contributed by atoms with Crippen molar-refractivity contribution in [2.75, 3.05) is 24.2 Å². The second-order valence-corrected chi connectivity index (χ2v) is 6.88. The number of aromatic nitrogens is 2. The maximum atomic E-state index is 11.3. The summed E-state index contributed by atoms with van der Waals surface area (Å²) in [5.41, 5.74) is 1.75. The molecular weight excluding hydrogens is 264 g/mol. The van der Waals surface area contributed by atoms with Crippen LogP contribution in [-0.4, -0.2) is 43.8 Å². The molecule has 0 saturated carbocycles. The van der Waals surface area contributed by atoms with Gasteiger partial charge >= 0.3 is 0 Å². The van der Waals surface area contributed by atoms with Gasteiger partial charge in [0.1, 0.15) is 5.82 Å². The molecule has 106 valence electrons. The average Bonchev–Trinajstić information content (AvgIpc) is 2.30. The molecule has 0 aromatic carbocycles. The van der Waals surface area contributed by atoms with Gasteiger partial charge in [-0.25, -0.2) is 18.1 Å². The first-order valence-electron chi connectivity index (χ1n) is 6.37. The number of hydrogen-bond donors (Lipinski definition) is 1. The second kappa shape index (κ2) is 5.42. The first-order valence-corrected chi connectivity index (χ1v) is 8.27. The predicted octanol–water partition coefficient (Wildman–Crippen LogP) is 0.611. The Morgan fingerprint density at radius 1 is 1.42 bits per heavy atom. The summed E-state index contributed by atoms with van der Waals surface area (Å²) in [6.07, 6.45) is 4.75. The van der Waals surface area contributed by atoms with Crippen molar-refractivity contribution in [3.63, 3.8) is 0 Å². The van der Waals surface area contributed by atoms with E-state index in [0.29, 0.717) is 6.54 Å². The Hall–Kier alpha value is -1.21. The maximum absolute atomic E-state index is 11.3. The van der Waals surface area contributed by atoms with Gasteiger partial charge in [-0.05, 0) is 26.7 Å². The number of nitrogens with one attached hydrogen (secondary N) is 1. The highest BCUT2D eigenvalue weighted by Gasteiger charge is 2.24. The molecular formula is C12H20N4O2S. The Bertz CT molecular complexity index is 559. The van der Waals surface area contributed by atoms with E-state index in [4.69, 9.17) is 0 Å². The number of nitrogens with zero attached hydrogens (tertiary/aromatic N) is 3. The van der Waals surface area contributed by atoms with Gasteiger partial charge in [0.05, 0.1) is 17.6 Å². The standard InChI is InChI=1S/C12H20N4O2S/c1-9-7-13-10(2)12(14-9)16-6-4-5-11(8-16)15-19(3,17)18/h7,11,15H,4-6,8H2,1-3H3. The molecule has 1 aliphatic rings. The lowest BCUT2D eigenvalue weighted by atomic mass is 10.1. The molecule has 2 rings (SSSR count). The van der Waals surface area contributed by atoms with Gasteiger partial charge in [0.2, 0.25) is 10.0 Å². The summed E-state index contributed by atoms with van der Waals surface area (Å²) < 4.78 is 25.3. The maximum Gasteiger partial charge on any atom is 0.209 e. The predicted molar refractivity (Wildman–Crippen MR) is 74.7 cm³/mol. The Morgan fingerprint density at radius 2 is 2.16 bits per heavy atom. The van der Waals surface area contributed by atoms with E-state index >= 15 is 0 Å². The summed E-state index contributed by atoms with van der Waals surface area (Å²) >= 11 is 0. The number of hydrogen-bond acceptors (Lipinski definition) is 5. The van der Waals surface area contributed by atoms with Crippen LogP contribution in [0.25, 0.3) is 0 Å². The quantitative estimate of drug-likeness (QED) is 0.880. The monoisotopic (exact) mass is 284 g/mol. The molecule has 1 fully saturated rings.